The first-order valence-electron chi connectivity index (χ1n) is 10.7. The van der Waals surface area contributed by atoms with E-state index in [0.29, 0.717) is 0 Å². The summed E-state index contributed by atoms with van der Waals surface area (Å²) in [5.41, 5.74) is 1.62. The predicted molar refractivity (Wildman–Crippen MR) is 140 cm³/mol. The summed E-state index contributed by atoms with van der Waals surface area (Å²) in [6.45, 7) is 9.33. The average molecular weight is 486 g/mol. The number of hydrogen-bond donors (Lipinski definition) is 0. The Hall–Kier alpha value is -1.48. The van der Waals surface area contributed by atoms with E-state index in [1.807, 2.05) is 0 Å². The van der Waals surface area contributed by atoms with Crippen LogP contribution in [0, 0.1) is 0 Å². The van der Waals surface area contributed by atoms with E-state index in [1.165, 1.54) is 15.9 Å². The van der Waals surface area contributed by atoms with Crippen LogP contribution in [0.25, 0.3) is 0 Å². The summed E-state index contributed by atoms with van der Waals surface area (Å²) in [5, 5.41) is 5.80. The second kappa shape index (κ2) is 13.2. The Labute approximate surface area is 201 Å². The van der Waals surface area contributed by atoms with Crippen LogP contribution < -0.4 is 21.2 Å². The van der Waals surface area contributed by atoms with Gasteiger partial charge in [-0.15, -0.1) is 10.6 Å². The molecule has 0 N–H and O–H groups in total. The molecule has 0 unspecified atom stereocenters. The van der Waals surface area contributed by atoms with Crippen LogP contribution in [0.5, 0.6) is 0 Å². The zero-order valence-electron chi connectivity index (χ0n) is 18.8. The Morgan fingerprint density at radius 1 is 0.548 bits per heavy atom. The van der Waals surface area contributed by atoms with E-state index in [0.717, 1.165) is 11.3 Å². The molecule has 31 heavy (non-hydrogen) atoms. The third-order valence-corrected chi connectivity index (χ3v) is 10.6. The number of benzene rings is 2. The van der Waals surface area contributed by atoms with Gasteiger partial charge in [-0.05, 0) is 29.8 Å². The van der Waals surface area contributed by atoms with Crippen molar-refractivity contribution >= 4 is 37.1 Å². The van der Waals surface area contributed by atoms with Crippen molar-refractivity contribution in [2.75, 3.05) is 0 Å². The van der Waals surface area contributed by atoms with Gasteiger partial charge < -0.3 is 0 Å². The molecule has 0 heterocycles. The van der Waals surface area contributed by atoms with E-state index in [2.05, 4.69) is 137 Å². The Morgan fingerprint density at radius 2 is 0.968 bits per heavy atom. The molecule has 4 aromatic carbocycles. The second-order valence-electron chi connectivity index (χ2n) is 7.89. The van der Waals surface area contributed by atoms with Gasteiger partial charge >= 0.3 is 17.1 Å². The fraction of sp³-hybridized carbons (Fsp3) is 0.214. The molecule has 162 valence electrons. The maximum atomic E-state index is 2.33. The van der Waals surface area contributed by atoms with Gasteiger partial charge in [-0.3, -0.25) is 0 Å². The van der Waals surface area contributed by atoms with Crippen LogP contribution in [0.15, 0.2) is 109 Å². The molecule has 0 aliphatic heterocycles. The monoisotopic (exact) mass is 486 g/mol. The van der Waals surface area contributed by atoms with E-state index >= 15 is 0 Å². The van der Waals surface area contributed by atoms with Crippen LogP contribution in [-0.2, 0) is 17.1 Å². The average Bonchev–Trinajstić information content (AvgIpc) is 3.45. The van der Waals surface area contributed by atoms with E-state index in [9.17, 15) is 0 Å². The van der Waals surface area contributed by atoms with Crippen molar-refractivity contribution in [3.05, 3.63) is 109 Å². The zero-order valence-corrected chi connectivity index (χ0v) is 21.7. The standard InChI is InChI=1S/C17H14P.C11H18P.Fe/c1-3-9-15(10-4-1)18(17-13-7-8-14-17)16-11-5-2-6-12-16;1-9(2)12(10(3)4)11-7-5-6-8-11;/h1-14H;5-10H,1-4H3;/q2*-1;+2. The number of rotatable bonds is 6. The fourth-order valence-electron chi connectivity index (χ4n) is 3.84. The quantitative estimate of drug-likeness (QED) is 0.166. The van der Waals surface area contributed by atoms with Crippen molar-refractivity contribution in [1.82, 2.24) is 0 Å². The molecule has 0 saturated heterocycles. The van der Waals surface area contributed by atoms with Gasteiger partial charge in [0.05, 0.1) is 0 Å². The molecule has 0 bridgehead atoms. The van der Waals surface area contributed by atoms with Crippen molar-refractivity contribution in [2.45, 2.75) is 39.0 Å². The molecule has 0 nitrogen and oxygen atoms in total. The minimum atomic E-state index is -0.409. The van der Waals surface area contributed by atoms with E-state index in [1.54, 1.807) is 5.30 Å². The molecule has 0 spiro atoms. The zero-order chi connectivity index (χ0) is 21.3. The predicted octanol–water partition coefficient (Wildman–Crippen LogP) is 6.49. The molecule has 0 aliphatic carbocycles. The van der Waals surface area contributed by atoms with Crippen LogP contribution in [0.1, 0.15) is 27.7 Å². The smallest absolute Gasteiger partial charge is 0.213 e. The third-order valence-electron chi connectivity index (χ3n) is 4.99. The molecule has 0 radical (unpaired) electrons. The number of hydrogen-bond acceptors (Lipinski definition) is 0. The third kappa shape index (κ3) is 7.27. The Bertz CT molecular complexity index is 895. The minimum absolute atomic E-state index is 0. The largest absolute Gasteiger partial charge is 2.00 e. The maximum Gasteiger partial charge on any atom is 2.00 e. The molecule has 0 aromatic heterocycles. The molecule has 4 aromatic rings. The van der Waals surface area contributed by atoms with Crippen molar-refractivity contribution in [3.8, 4) is 0 Å². The molecule has 0 fully saturated rings. The van der Waals surface area contributed by atoms with Gasteiger partial charge in [-0.25, -0.2) is 24.3 Å². The summed E-state index contributed by atoms with van der Waals surface area (Å²) in [6.07, 6.45) is 0. The van der Waals surface area contributed by atoms with Crippen molar-refractivity contribution in [2.24, 2.45) is 0 Å². The summed E-state index contributed by atoms with van der Waals surface area (Å²) < 4.78 is 0. The molecule has 0 aliphatic rings. The Balaban J connectivity index is 0.000000231. The normalized spacial score (nSPS) is 10.8. The SMILES string of the molecule is CC(C)P(c1ccc[cH-]1)C(C)C.[Fe+2].c1ccc(P(c2ccccc2)c2ccc[cH-]2)cc1. The summed E-state index contributed by atoms with van der Waals surface area (Å²) in [5.74, 6) is 0. The van der Waals surface area contributed by atoms with Gasteiger partial charge in [0, 0.05) is 0 Å². The first kappa shape index (κ1) is 25.8. The second-order valence-corrected chi connectivity index (χ2v) is 13.5. The van der Waals surface area contributed by atoms with Crippen molar-refractivity contribution in [1.29, 1.82) is 0 Å². The van der Waals surface area contributed by atoms with E-state index in [-0.39, 0.29) is 25.0 Å². The van der Waals surface area contributed by atoms with E-state index in [4.69, 9.17) is 0 Å². The van der Waals surface area contributed by atoms with Gasteiger partial charge in [-0.2, -0.15) is 24.3 Å². The van der Waals surface area contributed by atoms with Crippen molar-refractivity contribution < 1.29 is 17.1 Å². The fourth-order valence-corrected chi connectivity index (χ4v) is 9.05. The Kier molecular flexibility index (Phi) is 10.9. The maximum absolute atomic E-state index is 2.33. The van der Waals surface area contributed by atoms with Crippen LogP contribution in [0.4, 0.5) is 0 Å². The topological polar surface area (TPSA) is 0 Å². The molecule has 4 rings (SSSR count). The van der Waals surface area contributed by atoms with E-state index < -0.39 is 7.92 Å². The van der Waals surface area contributed by atoms with Crippen LogP contribution in [-0.4, -0.2) is 11.3 Å². The summed E-state index contributed by atoms with van der Waals surface area (Å²) in [6, 6.07) is 39.1. The summed E-state index contributed by atoms with van der Waals surface area (Å²) in [7, 11) is -0.346. The Morgan fingerprint density at radius 3 is 1.32 bits per heavy atom. The van der Waals surface area contributed by atoms with Gasteiger partial charge in [0.1, 0.15) is 0 Å². The van der Waals surface area contributed by atoms with Crippen LogP contribution in [0.2, 0.25) is 0 Å². The molecular formula is C28H32FeP2. The minimum Gasteiger partial charge on any atom is -0.213 e. The van der Waals surface area contributed by atoms with Crippen LogP contribution >= 0.6 is 15.8 Å². The summed E-state index contributed by atoms with van der Waals surface area (Å²) >= 11 is 0. The molecule has 3 heteroatoms. The van der Waals surface area contributed by atoms with Gasteiger partial charge in [0.2, 0.25) is 0 Å². The van der Waals surface area contributed by atoms with Crippen molar-refractivity contribution in [3.63, 3.8) is 0 Å². The van der Waals surface area contributed by atoms with Gasteiger partial charge in [0.25, 0.3) is 0 Å². The summed E-state index contributed by atoms with van der Waals surface area (Å²) in [4.78, 5) is 0. The molecule has 0 saturated carbocycles. The van der Waals surface area contributed by atoms with Gasteiger partial charge in [-0.1, -0.05) is 96.3 Å². The molecule has 0 atom stereocenters. The molecule has 0 amide bonds. The first-order valence-corrected chi connectivity index (χ1v) is 13.5. The van der Waals surface area contributed by atoms with Gasteiger partial charge in [0.15, 0.2) is 0 Å². The molecular weight excluding hydrogens is 454 g/mol. The van der Waals surface area contributed by atoms with Crippen LogP contribution in [0.3, 0.4) is 0 Å². The first-order chi connectivity index (χ1) is 14.6.